The Morgan fingerprint density at radius 2 is 1.91 bits per heavy atom. The fourth-order valence-electron chi connectivity index (χ4n) is 2.53. The van der Waals surface area contributed by atoms with Crippen LogP contribution in [-0.2, 0) is 6.42 Å². The number of carboxylic acid groups (broad SMARTS) is 1. The van der Waals surface area contributed by atoms with Gasteiger partial charge in [-0.15, -0.1) is 0 Å². The van der Waals surface area contributed by atoms with Gasteiger partial charge >= 0.3 is 5.97 Å². The molecule has 0 unspecified atom stereocenters. The van der Waals surface area contributed by atoms with Crippen molar-refractivity contribution < 1.29 is 23.5 Å². The van der Waals surface area contributed by atoms with Crippen LogP contribution in [0.4, 0.5) is 14.5 Å². The molecule has 1 aliphatic rings. The first kappa shape index (κ1) is 14.2. The molecule has 0 saturated heterocycles. The van der Waals surface area contributed by atoms with E-state index in [9.17, 15) is 18.4 Å². The summed E-state index contributed by atoms with van der Waals surface area (Å²) >= 11 is 0. The molecule has 22 heavy (non-hydrogen) atoms. The molecule has 1 aliphatic heterocycles. The van der Waals surface area contributed by atoms with Crippen molar-refractivity contribution in [2.24, 2.45) is 0 Å². The summed E-state index contributed by atoms with van der Waals surface area (Å²) in [4.78, 5) is 24.4. The largest absolute Gasteiger partial charge is 0.478 e. The fraction of sp³-hybridized carbons (Fsp3) is 0.125. The molecule has 0 spiro atoms. The first-order valence-corrected chi connectivity index (χ1v) is 6.60. The molecular weight excluding hydrogens is 292 g/mol. The second-order valence-corrected chi connectivity index (χ2v) is 4.98. The number of halogens is 2. The van der Waals surface area contributed by atoms with E-state index in [0.29, 0.717) is 12.0 Å². The first-order chi connectivity index (χ1) is 10.5. The SMILES string of the molecule is O=C(O)c1ccc(N2CCc3ccc(F)cc3C2=O)c(F)c1. The zero-order valence-electron chi connectivity index (χ0n) is 11.3. The monoisotopic (exact) mass is 303 g/mol. The molecule has 112 valence electrons. The third kappa shape index (κ3) is 2.32. The van der Waals surface area contributed by atoms with Gasteiger partial charge in [-0.3, -0.25) is 4.79 Å². The zero-order chi connectivity index (χ0) is 15.9. The van der Waals surface area contributed by atoms with Crippen molar-refractivity contribution in [1.82, 2.24) is 0 Å². The third-order valence-electron chi connectivity index (χ3n) is 3.64. The van der Waals surface area contributed by atoms with Gasteiger partial charge in [0, 0.05) is 12.1 Å². The van der Waals surface area contributed by atoms with Crippen molar-refractivity contribution in [3.8, 4) is 0 Å². The van der Waals surface area contributed by atoms with Gasteiger partial charge in [0.1, 0.15) is 11.6 Å². The number of aromatic carboxylic acids is 1. The van der Waals surface area contributed by atoms with E-state index in [0.717, 1.165) is 12.1 Å². The molecule has 4 nitrogen and oxygen atoms in total. The second kappa shape index (κ2) is 5.22. The van der Waals surface area contributed by atoms with E-state index in [4.69, 9.17) is 5.11 Å². The highest BCUT2D eigenvalue weighted by atomic mass is 19.1. The number of carboxylic acids is 1. The van der Waals surface area contributed by atoms with Crippen molar-refractivity contribution in [3.05, 3.63) is 64.7 Å². The average Bonchev–Trinajstić information content (AvgIpc) is 2.48. The van der Waals surface area contributed by atoms with Crippen LogP contribution in [0.2, 0.25) is 0 Å². The molecule has 0 saturated carbocycles. The van der Waals surface area contributed by atoms with Gasteiger partial charge < -0.3 is 10.0 Å². The lowest BCUT2D eigenvalue weighted by molar-refractivity contribution is 0.0696. The van der Waals surface area contributed by atoms with Crippen LogP contribution in [0.25, 0.3) is 0 Å². The molecule has 0 radical (unpaired) electrons. The van der Waals surface area contributed by atoms with E-state index in [-0.39, 0.29) is 23.4 Å². The fourth-order valence-corrected chi connectivity index (χ4v) is 2.53. The van der Waals surface area contributed by atoms with E-state index >= 15 is 0 Å². The molecule has 6 heteroatoms. The quantitative estimate of drug-likeness (QED) is 0.928. The average molecular weight is 303 g/mol. The lowest BCUT2D eigenvalue weighted by atomic mass is 9.98. The Bertz CT molecular complexity index is 789. The summed E-state index contributed by atoms with van der Waals surface area (Å²) in [5.41, 5.74) is 0.709. The van der Waals surface area contributed by atoms with Gasteiger partial charge in [-0.25, -0.2) is 13.6 Å². The summed E-state index contributed by atoms with van der Waals surface area (Å²) in [6, 6.07) is 7.31. The highest BCUT2D eigenvalue weighted by Crippen LogP contribution is 2.27. The van der Waals surface area contributed by atoms with Crippen LogP contribution in [0, 0.1) is 11.6 Å². The predicted molar refractivity (Wildman–Crippen MR) is 75.1 cm³/mol. The molecule has 1 amide bonds. The van der Waals surface area contributed by atoms with E-state index < -0.39 is 23.5 Å². The summed E-state index contributed by atoms with van der Waals surface area (Å²) in [6.07, 6.45) is 0.474. The van der Waals surface area contributed by atoms with Crippen molar-refractivity contribution >= 4 is 17.6 Å². The summed E-state index contributed by atoms with van der Waals surface area (Å²) in [6.45, 7) is 0.251. The smallest absolute Gasteiger partial charge is 0.335 e. The number of rotatable bonds is 2. The molecule has 2 aromatic carbocycles. The third-order valence-corrected chi connectivity index (χ3v) is 3.64. The van der Waals surface area contributed by atoms with Crippen LogP contribution in [0.15, 0.2) is 36.4 Å². The number of amides is 1. The maximum Gasteiger partial charge on any atom is 0.335 e. The van der Waals surface area contributed by atoms with Crippen LogP contribution >= 0.6 is 0 Å². The minimum absolute atomic E-state index is 0.00934. The predicted octanol–water partition coefficient (Wildman–Crippen LogP) is 2.87. The molecule has 0 bridgehead atoms. The molecule has 0 aliphatic carbocycles. The normalized spacial score (nSPS) is 13.9. The summed E-state index contributed by atoms with van der Waals surface area (Å²) in [5.74, 6) is -3.07. The van der Waals surface area contributed by atoms with E-state index in [1.54, 1.807) is 6.07 Å². The van der Waals surface area contributed by atoms with Crippen molar-refractivity contribution in [3.63, 3.8) is 0 Å². The number of fused-ring (bicyclic) bond motifs is 1. The molecule has 3 rings (SSSR count). The molecule has 2 aromatic rings. The van der Waals surface area contributed by atoms with Gasteiger partial charge in [-0.2, -0.15) is 0 Å². The number of anilines is 1. The molecule has 0 aromatic heterocycles. The van der Waals surface area contributed by atoms with Gasteiger partial charge in [0.15, 0.2) is 0 Å². The van der Waals surface area contributed by atoms with E-state index in [2.05, 4.69) is 0 Å². The topological polar surface area (TPSA) is 57.6 Å². The summed E-state index contributed by atoms with van der Waals surface area (Å²) in [5, 5.41) is 8.83. The molecular formula is C16H11F2NO3. The van der Waals surface area contributed by atoms with Gasteiger partial charge in [0.05, 0.1) is 11.3 Å². The van der Waals surface area contributed by atoms with Crippen LogP contribution < -0.4 is 4.90 Å². The highest BCUT2D eigenvalue weighted by Gasteiger charge is 2.27. The molecule has 0 fully saturated rings. The highest BCUT2D eigenvalue weighted by molar-refractivity contribution is 6.08. The Morgan fingerprint density at radius 3 is 2.59 bits per heavy atom. The van der Waals surface area contributed by atoms with Crippen LogP contribution in [0.5, 0.6) is 0 Å². The van der Waals surface area contributed by atoms with Crippen LogP contribution in [0.1, 0.15) is 26.3 Å². The number of hydrogen-bond donors (Lipinski definition) is 1. The Kier molecular flexibility index (Phi) is 3.36. The maximum absolute atomic E-state index is 14.1. The number of carbonyl (C=O) groups is 2. The number of benzene rings is 2. The molecule has 0 atom stereocenters. The standard InChI is InChI=1S/C16H11F2NO3/c17-11-3-1-9-5-6-19(15(20)12(9)8-11)14-4-2-10(16(21)22)7-13(14)18/h1-4,7-8H,5-6H2,(H,21,22). The van der Waals surface area contributed by atoms with E-state index in [1.807, 2.05) is 0 Å². The van der Waals surface area contributed by atoms with E-state index in [1.165, 1.54) is 23.1 Å². The lowest BCUT2D eigenvalue weighted by Crippen LogP contribution is -2.38. The zero-order valence-corrected chi connectivity index (χ0v) is 11.3. The minimum Gasteiger partial charge on any atom is -0.478 e. The van der Waals surface area contributed by atoms with Gasteiger partial charge in [0.25, 0.3) is 5.91 Å². The second-order valence-electron chi connectivity index (χ2n) is 4.98. The number of hydrogen-bond acceptors (Lipinski definition) is 2. The Hall–Kier alpha value is -2.76. The number of carbonyl (C=O) groups excluding carboxylic acids is 1. The summed E-state index contributed by atoms with van der Waals surface area (Å²) in [7, 11) is 0. The minimum atomic E-state index is -1.25. The van der Waals surface area contributed by atoms with Gasteiger partial charge in [-0.05, 0) is 42.3 Å². The Labute approximate surface area is 124 Å². The summed E-state index contributed by atoms with van der Waals surface area (Å²) < 4.78 is 27.4. The maximum atomic E-state index is 14.1. The molecule has 1 heterocycles. The van der Waals surface area contributed by atoms with Crippen LogP contribution in [0.3, 0.4) is 0 Å². The van der Waals surface area contributed by atoms with Gasteiger partial charge in [-0.1, -0.05) is 6.07 Å². The van der Waals surface area contributed by atoms with Crippen LogP contribution in [-0.4, -0.2) is 23.5 Å². The molecule has 1 N–H and O–H groups in total. The van der Waals surface area contributed by atoms with Crippen molar-refractivity contribution in [1.29, 1.82) is 0 Å². The lowest BCUT2D eigenvalue weighted by Gasteiger charge is -2.29. The Balaban J connectivity index is 2.00. The van der Waals surface area contributed by atoms with Gasteiger partial charge in [0.2, 0.25) is 0 Å². The Morgan fingerprint density at radius 1 is 1.14 bits per heavy atom. The van der Waals surface area contributed by atoms with Crippen molar-refractivity contribution in [2.45, 2.75) is 6.42 Å². The number of nitrogens with zero attached hydrogens (tertiary/aromatic N) is 1. The first-order valence-electron chi connectivity index (χ1n) is 6.60. The van der Waals surface area contributed by atoms with Crippen molar-refractivity contribution in [2.75, 3.05) is 11.4 Å².